The average Bonchev–Trinajstić information content (AvgIpc) is 2.90. The number of carbonyl (C=O) groups excluding carboxylic acids is 2. The van der Waals surface area contributed by atoms with Gasteiger partial charge in [-0.2, -0.15) is 0 Å². The van der Waals surface area contributed by atoms with E-state index in [0.29, 0.717) is 6.04 Å². The van der Waals surface area contributed by atoms with Gasteiger partial charge >= 0.3 is 6.09 Å². The van der Waals surface area contributed by atoms with E-state index < -0.39 is 11.7 Å². The lowest BCUT2D eigenvalue weighted by Crippen LogP contribution is -2.50. The topological polar surface area (TPSA) is 67.4 Å². The van der Waals surface area contributed by atoms with Gasteiger partial charge in [0.05, 0.1) is 0 Å². The highest BCUT2D eigenvalue weighted by Crippen LogP contribution is 2.29. The molecule has 18 heavy (non-hydrogen) atoms. The van der Waals surface area contributed by atoms with E-state index in [2.05, 4.69) is 10.6 Å². The standard InChI is InChI=1S/C13H22N2O3/c1-13(2,3)18-12(17)15-10-6-8(7-10)11(16)14-9-4-5-9/h8-10H,4-7H2,1-3H3,(H,14,16)(H,15,17). The van der Waals surface area contributed by atoms with Crippen molar-refractivity contribution in [3.8, 4) is 0 Å². The summed E-state index contributed by atoms with van der Waals surface area (Å²) in [5, 5.41) is 5.77. The molecule has 0 aromatic rings. The second-order valence-electron chi connectivity index (χ2n) is 6.29. The summed E-state index contributed by atoms with van der Waals surface area (Å²) < 4.78 is 5.16. The van der Waals surface area contributed by atoms with Crippen molar-refractivity contribution >= 4 is 12.0 Å². The van der Waals surface area contributed by atoms with Gasteiger partial charge in [0.2, 0.25) is 5.91 Å². The molecule has 2 aliphatic carbocycles. The van der Waals surface area contributed by atoms with E-state index in [0.717, 1.165) is 25.7 Å². The summed E-state index contributed by atoms with van der Waals surface area (Å²) in [7, 11) is 0. The normalized spacial score (nSPS) is 27.1. The minimum Gasteiger partial charge on any atom is -0.444 e. The van der Waals surface area contributed by atoms with Gasteiger partial charge in [0.25, 0.3) is 0 Å². The monoisotopic (exact) mass is 254 g/mol. The second-order valence-corrected chi connectivity index (χ2v) is 6.29. The summed E-state index contributed by atoms with van der Waals surface area (Å²) in [4.78, 5) is 23.2. The van der Waals surface area contributed by atoms with Gasteiger partial charge in [0.1, 0.15) is 5.60 Å². The molecule has 0 bridgehead atoms. The van der Waals surface area contributed by atoms with E-state index in [1.807, 2.05) is 20.8 Å². The second kappa shape index (κ2) is 4.78. The fourth-order valence-corrected chi connectivity index (χ4v) is 1.97. The van der Waals surface area contributed by atoms with Crippen LogP contribution in [0.15, 0.2) is 0 Å². The summed E-state index contributed by atoms with van der Waals surface area (Å²) in [5.74, 6) is 0.199. The molecule has 2 amide bonds. The van der Waals surface area contributed by atoms with Crippen molar-refractivity contribution < 1.29 is 14.3 Å². The lowest BCUT2D eigenvalue weighted by Gasteiger charge is -2.35. The Morgan fingerprint density at radius 1 is 1.06 bits per heavy atom. The zero-order valence-corrected chi connectivity index (χ0v) is 11.3. The van der Waals surface area contributed by atoms with Gasteiger partial charge in [-0.25, -0.2) is 4.79 Å². The zero-order chi connectivity index (χ0) is 13.3. The van der Waals surface area contributed by atoms with Gasteiger partial charge in [-0.05, 0) is 46.5 Å². The van der Waals surface area contributed by atoms with Crippen molar-refractivity contribution in [2.24, 2.45) is 5.92 Å². The minimum atomic E-state index is -0.476. The van der Waals surface area contributed by atoms with E-state index in [-0.39, 0.29) is 17.9 Å². The maximum Gasteiger partial charge on any atom is 0.407 e. The minimum absolute atomic E-state index is 0.0607. The molecule has 0 spiro atoms. The van der Waals surface area contributed by atoms with Crippen molar-refractivity contribution in [3.63, 3.8) is 0 Å². The first-order valence-corrected chi connectivity index (χ1v) is 6.63. The molecule has 2 N–H and O–H groups in total. The fraction of sp³-hybridized carbons (Fsp3) is 0.846. The first kappa shape index (κ1) is 13.2. The van der Waals surface area contributed by atoms with Crippen LogP contribution in [0.25, 0.3) is 0 Å². The third-order valence-electron chi connectivity index (χ3n) is 3.15. The molecule has 0 aromatic heterocycles. The van der Waals surface area contributed by atoms with E-state index >= 15 is 0 Å². The van der Waals surface area contributed by atoms with Crippen molar-refractivity contribution in [1.82, 2.24) is 10.6 Å². The Morgan fingerprint density at radius 2 is 1.67 bits per heavy atom. The largest absolute Gasteiger partial charge is 0.444 e. The molecule has 2 rings (SSSR count). The molecule has 5 heteroatoms. The molecule has 0 unspecified atom stereocenters. The Labute approximate surface area is 108 Å². The molecule has 0 heterocycles. The molecule has 2 aliphatic rings. The molecule has 0 atom stereocenters. The molecular formula is C13H22N2O3. The lowest BCUT2D eigenvalue weighted by atomic mass is 9.79. The van der Waals surface area contributed by atoms with Crippen LogP contribution < -0.4 is 10.6 Å². The van der Waals surface area contributed by atoms with Crippen LogP contribution in [0, 0.1) is 5.92 Å². The predicted molar refractivity (Wildman–Crippen MR) is 67.0 cm³/mol. The van der Waals surface area contributed by atoms with Gasteiger partial charge in [0, 0.05) is 18.0 Å². The number of carbonyl (C=O) groups is 2. The average molecular weight is 254 g/mol. The van der Waals surface area contributed by atoms with Crippen LogP contribution in [-0.2, 0) is 9.53 Å². The van der Waals surface area contributed by atoms with Crippen molar-refractivity contribution in [1.29, 1.82) is 0 Å². The van der Waals surface area contributed by atoms with Crippen LogP contribution >= 0.6 is 0 Å². The summed E-state index contributed by atoms with van der Waals surface area (Å²) in [6.45, 7) is 5.50. The lowest BCUT2D eigenvalue weighted by molar-refractivity contribution is -0.128. The Hall–Kier alpha value is -1.26. The van der Waals surface area contributed by atoms with Crippen LogP contribution in [0.3, 0.4) is 0 Å². The predicted octanol–water partition coefficient (Wildman–Crippen LogP) is 1.57. The Kier molecular flexibility index (Phi) is 3.50. The molecule has 0 radical (unpaired) electrons. The highest BCUT2D eigenvalue weighted by Gasteiger charge is 2.37. The number of alkyl carbamates (subject to hydrolysis) is 1. The third kappa shape index (κ3) is 3.89. The molecular weight excluding hydrogens is 232 g/mol. The van der Waals surface area contributed by atoms with E-state index in [1.165, 1.54) is 0 Å². The van der Waals surface area contributed by atoms with E-state index in [1.54, 1.807) is 0 Å². The number of hydrogen-bond acceptors (Lipinski definition) is 3. The zero-order valence-electron chi connectivity index (χ0n) is 11.3. The van der Waals surface area contributed by atoms with Crippen molar-refractivity contribution in [2.45, 2.75) is 64.1 Å². The highest BCUT2D eigenvalue weighted by molar-refractivity contribution is 5.80. The van der Waals surface area contributed by atoms with Crippen molar-refractivity contribution in [2.75, 3.05) is 0 Å². The van der Waals surface area contributed by atoms with Gasteiger partial charge in [-0.3, -0.25) is 4.79 Å². The Bertz CT molecular complexity index is 339. The number of nitrogens with one attached hydrogen (secondary N) is 2. The molecule has 2 fully saturated rings. The third-order valence-corrected chi connectivity index (χ3v) is 3.15. The highest BCUT2D eigenvalue weighted by atomic mass is 16.6. The molecule has 2 saturated carbocycles. The van der Waals surface area contributed by atoms with Gasteiger partial charge < -0.3 is 15.4 Å². The molecule has 5 nitrogen and oxygen atoms in total. The maximum absolute atomic E-state index is 11.7. The number of amides is 2. The SMILES string of the molecule is CC(C)(C)OC(=O)NC1CC(C(=O)NC2CC2)C1. The van der Waals surface area contributed by atoms with Gasteiger partial charge in [-0.15, -0.1) is 0 Å². The number of rotatable bonds is 3. The van der Waals surface area contributed by atoms with Crippen LogP contribution in [0.5, 0.6) is 0 Å². The first-order valence-electron chi connectivity index (χ1n) is 6.63. The summed E-state index contributed by atoms with van der Waals surface area (Å²) in [6.07, 6.45) is 3.26. The summed E-state index contributed by atoms with van der Waals surface area (Å²) in [5.41, 5.74) is -0.476. The smallest absolute Gasteiger partial charge is 0.407 e. The van der Waals surface area contributed by atoms with Crippen LogP contribution in [-0.4, -0.2) is 29.7 Å². The fourth-order valence-electron chi connectivity index (χ4n) is 1.97. The van der Waals surface area contributed by atoms with Gasteiger partial charge in [0.15, 0.2) is 0 Å². The number of hydrogen-bond donors (Lipinski definition) is 2. The Morgan fingerprint density at radius 3 is 2.17 bits per heavy atom. The Balaban J connectivity index is 1.63. The molecule has 0 aliphatic heterocycles. The molecule has 0 aromatic carbocycles. The number of ether oxygens (including phenoxy) is 1. The van der Waals surface area contributed by atoms with E-state index in [4.69, 9.17) is 4.74 Å². The van der Waals surface area contributed by atoms with Crippen LogP contribution in [0.1, 0.15) is 46.5 Å². The van der Waals surface area contributed by atoms with E-state index in [9.17, 15) is 9.59 Å². The maximum atomic E-state index is 11.7. The quantitative estimate of drug-likeness (QED) is 0.803. The molecule has 0 saturated heterocycles. The summed E-state index contributed by atoms with van der Waals surface area (Å²) >= 11 is 0. The van der Waals surface area contributed by atoms with Crippen LogP contribution in [0.2, 0.25) is 0 Å². The van der Waals surface area contributed by atoms with Crippen LogP contribution in [0.4, 0.5) is 4.79 Å². The first-order chi connectivity index (χ1) is 8.33. The summed E-state index contributed by atoms with van der Waals surface area (Å²) in [6, 6.07) is 0.491. The van der Waals surface area contributed by atoms with Crippen molar-refractivity contribution in [3.05, 3.63) is 0 Å². The molecule has 102 valence electrons. The van der Waals surface area contributed by atoms with Gasteiger partial charge in [-0.1, -0.05) is 0 Å².